The summed E-state index contributed by atoms with van der Waals surface area (Å²) in [6.45, 7) is 3.39. The molecule has 0 aliphatic rings. The van der Waals surface area contributed by atoms with E-state index in [0.29, 0.717) is 19.1 Å². The topological polar surface area (TPSA) is 51.5 Å². The Hall–Kier alpha value is -1.62. The summed E-state index contributed by atoms with van der Waals surface area (Å²) in [5, 5.41) is 7.37. The number of hydrogen-bond donors (Lipinski definition) is 1. The number of rotatable bonds is 4. The van der Waals surface area contributed by atoms with Crippen molar-refractivity contribution in [2.24, 2.45) is 0 Å². The second-order valence-corrected chi connectivity index (χ2v) is 3.36. The van der Waals surface area contributed by atoms with Crippen molar-refractivity contribution in [3.63, 3.8) is 0 Å². The Balaban J connectivity index is 2.16. The number of pyridine rings is 1. The molecule has 2 aromatic rings. The van der Waals surface area contributed by atoms with E-state index in [2.05, 4.69) is 15.4 Å². The van der Waals surface area contributed by atoms with Crippen LogP contribution >= 0.6 is 0 Å². The summed E-state index contributed by atoms with van der Waals surface area (Å²) in [4.78, 5) is 4.31. The highest BCUT2D eigenvalue weighted by atomic mass is 16.5. The molecule has 0 atom stereocenters. The Morgan fingerprint density at radius 2 is 2.33 bits per heavy atom. The molecule has 15 heavy (non-hydrogen) atoms. The van der Waals surface area contributed by atoms with E-state index in [1.54, 1.807) is 11.6 Å². The van der Waals surface area contributed by atoms with Crippen LogP contribution in [0.5, 0.6) is 0 Å². The first-order chi connectivity index (χ1) is 7.29. The first kappa shape index (κ1) is 9.92. The van der Waals surface area contributed by atoms with Crippen molar-refractivity contribution < 1.29 is 4.74 Å². The fraction of sp³-hybridized carbons (Fsp3) is 0.400. The summed E-state index contributed by atoms with van der Waals surface area (Å²) in [5.41, 5.74) is 2.01. The monoisotopic (exact) mass is 206 g/mol. The number of aryl methyl sites for hydroxylation is 1. The summed E-state index contributed by atoms with van der Waals surface area (Å²) in [6.07, 6.45) is 1.95. The SMILES string of the molecule is COCCNc1nc2ccc(C)cn2n1. The minimum absolute atomic E-state index is 0.637. The summed E-state index contributed by atoms with van der Waals surface area (Å²) in [5.74, 6) is 0.637. The summed E-state index contributed by atoms with van der Waals surface area (Å²) >= 11 is 0. The standard InChI is InChI=1S/C10H14N4O/c1-8-3-4-9-12-10(11-5-6-15-2)13-14(9)7-8/h3-4,7H,5-6H2,1-2H3,(H,11,13). The van der Waals surface area contributed by atoms with E-state index in [1.807, 2.05) is 25.3 Å². The van der Waals surface area contributed by atoms with Gasteiger partial charge in [-0.3, -0.25) is 0 Å². The largest absolute Gasteiger partial charge is 0.383 e. The first-order valence-electron chi connectivity index (χ1n) is 4.85. The van der Waals surface area contributed by atoms with Gasteiger partial charge in [-0.25, -0.2) is 4.52 Å². The molecule has 0 aromatic carbocycles. The molecular weight excluding hydrogens is 192 g/mol. The third-order valence-corrected chi connectivity index (χ3v) is 2.07. The van der Waals surface area contributed by atoms with Crippen LogP contribution in [0.1, 0.15) is 5.56 Å². The van der Waals surface area contributed by atoms with Crippen LogP contribution in [0.15, 0.2) is 18.3 Å². The van der Waals surface area contributed by atoms with Crippen molar-refractivity contribution in [2.75, 3.05) is 25.6 Å². The van der Waals surface area contributed by atoms with Gasteiger partial charge in [0.15, 0.2) is 5.65 Å². The molecule has 0 saturated carbocycles. The molecule has 0 bridgehead atoms. The van der Waals surface area contributed by atoms with Gasteiger partial charge in [0, 0.05) is 19.9 Å². The zero-order valence-electron chi connectivity index (χ0n) is 8.90. The van der Waals surface area contributed by atoms with Crippen LogP contribution < -0.4 is 5.32 Å². The zero-order valence-corrected chi connectivity index (χ0v) is 8.90. The molecule has 0 aliphatic carbocycles. The van der Waals surface area contributed by atoms with Crippen LogP contribution in [0, 0.1) is 6.92 Å². The Bertz CT molecular complexity index is 452. The molecule has 80 valence electrons. The predicted octanol–water partition coefficient (Wildman–Crippen LogP) is 1.10. The number of anilines is 1. The Kier molecular flexibility index (Phi) is 2.82. The van der Waals surface area contributed by atoms with Gasteiger partial charge >= 0.3 is 0 Å². The normalized spacial score (nSPS) is 10.8. The van der Waals surface area contributed by atoms with Crippen LogP contribution in [0.25, 0.3) is 5.65 Å². The average Bonchev–Trinajstić information content (AvgIpc) is 2.60. The van der Waals surface area contributed by atoms with Crippen LogP contribution in [0.2, 0.25) is 0 Å². The molecule has 0 unspecified atom stereocenters. The number of hydrogen-bond acceptors (Lipinski definition) is 4. The molecule has 5 heteroatoms. The molecule has 0 radical (unpaired) electrons. The van der Waals surface area contributed by atoms with Crippen LogP contribution in [-0.4, -0.2) is 34.9 Å². The Labute approximate surface area is 88.1 Å². The van der Waals surface area contributed by atoms with Gasteiger partial charge in [0.25, 0.3) is 0 Å². The molecule has 0 fully saturated rings. The molecule has 2 aromatic heterocycles. The van der Waals surface area contributed by atoms with Gasteiger partial charge in [-0.05, 0) is 18.6 Å². The van der Waals surface area contributed by atoms with Crippen molar-refractivity contribution in [1.82, 2.24) is 14.6 Å². The number of nitrogens with zero attached hydrogens (tertiary/aromatic N) is 3. The van der Waals surface area contributed by atoms with Gasteiger partial charge in [0.1, 0.15) is 0 Å². The van der Waals surface area contributed by atoms with Crippen molar-refractivity contribution in [3.8, 4) is 0 Å². The van der Waals surface area contributed by atoms with Crippen LogP contribution in [0.3, 0.4) is 0 Å². The van der Waals surface area contributed by atoms with E-state index in [9.17, 15) is 0 Å². The number of aromatic nitrogens is 3. The number of fused-ring (bicyclic) bond motifs is 1. The van der Waals surface area contributed by atoms with E-state index >= 15 is 0 Å². The fourth-order valence-electron chi connectivity index (χ4n) is 1.33. The second-order valence-electron chi connectivity index (χ2n) is 3.36. The number of nitrogens with one attached hydrogen (secondary N) is 1. The van der Waals surface area contributed by atoms with Crippen molar-refractivity contribution >= 4 is 11.6 Å². The second kappa shape index (κ2) is 4.27. The predicted molar refractivity (Wildman–Crippen MR) is 58.1 cm³/mol. The number of methoxy groups -OCH3 is 1. The molecule has 2 heterocycles. The average molecular weight is 206 g/mol. The summed E-state index contributed by atoms with van der Waals surface area (Å²) in [6, 6.07) is 3.97. The van der Waals surface area contributed by atoms with E-state index in [-0.39, 0.29) is 0 Å². The molecule has 0 spiro atoms. The number of ether oxygens (including phenoxy) is 1. The summed E-state index contributed by atoms with van der Waals surface area (Å²) < 4.78 is 6.70. The minimum atomic E-state index is 0.637. The van der Waals surface area contributed by atoms with E-state index < -0.39 is 0 Å². The quantitative estimate of drug-likeness (QED) is 0.761. The fourth-order valence-corrected chi connectivity index (χ4v) is 1.33. The van der Waals surface area contributed by atoms with Gasteiger partial charge in [0.2, 0.25) is 5.95 Å². The third-order valence-electron chi connectivity index (χ3n) is 2.07. The van der Waals surface area contributed by atoms with Crippen LogP contribution in [0.4, 0.5) is 5.95 Å². The smallest absolute Gasteiger partial charge is 0.243 e. The molecule has 2 rings (SSSR count). The van der Waals surface area contributed by atoms with E-state index in [1.165, 1.54) is 0 Å². The zero-order chi connectivity index (χ0) is 10.7. The van der Waals surface area contributed by atoms with Crippen molar-refractivity contribution in [3.05, 3.63) is 23.9 Å². The van der Waals surface area contributed by atoms with E-state index in [0.717, 1.165) is 11.2 Å². The maximum Gasteiger partial charge on any atom is 0.243 e. The maximum absolute atomic E-state index is 4.93. The van der Waals surface area contributed by atoms with Crippen LogP contribution in [-0.2, 0) is 4.74 Å². The third kappa shape index (κ3) is 2.24. The van der Waals surface area contributed by atoms with Crippen molar-refractivity contribution in [2.45, 2.75) is 6.92 Å². The molecule has 0 aliphatic heterocycles. The highest BCUT2D eigenvalue weighted by Gasteiger charge is 2.01. The van der Waals surface area contributed by atoms with Crippen molar-refractivity contribution in [1.29, 1.82) is 0 Å². The van der Waals surface area contributed by atoms with Gasteiger partial charge in [-0.1, -0.05) is 6.07 Å². The highest BCUT2D eigenvalue weighted by Crippen LogP contribution is 2.06. The maximum atomic E-state index is 4.93. The Morgan fingerprint density at radius 1 is 1.47 bits per heavy atom. The summed E-state index contributed by atoms with van der Waals surface area (Å²) in [7, 11) is 1.67. The molecular formula is C10H14N4O. The van der Waals surface area contributed by atoms with Gasteiger partial charge < -0.3 is 10.1 Å². The van der Waals surface area contributed by atoms with E-state index in [4.69, 9.17) is 4.74 Å². The van der Waals surface area contributed by atoms with Gasteiger partial charge in [0.05, 0.1) is 6.61 Å². The lowest BCUT2D eigenvalue weighted by molar-refractivity contribution is 0.210. The van der Waals surface area contributed by atoms with Gasteiger partial charge in [-0.2, -0.15) is 4.98 Å². The lowest BCUT2D eigenvalue weighted by atomic mass is 10.3. The lowest BCUT2D eigenvalue weighted by Crippen LogP contribution is -2.08. The molecule has 0 saturated heterocycles. The highest BCUT2D eigenvalue weighted by molar-refractivity contribution is 5.43. The molecule has 5 nitrogen and oxygen atoms in total. The molecule has 0 amide bonds. The molecule has 1 N–H and O–H groups in total. The Morgan fingerprint density at radius 3 is 3.13 bits per heavy atom. The minimum Gasteiger partial charge on any atom is -0.383 e. The van der Waals surface area contributed by atoms with Gasteiger partial charge in [-0.15, -0.1) is 5.10 Å². The first-order valence-corrected chi connectivity index (χ1v) is 4.85. The lowest BCUT2D eigenvalue weighted by Gasteiger charge is -1.98.